The van der Waals surface area contributed by atoms with E-state index in [1.807, 2.05) is 26.0 Å². The minimum Gasteiger partial charge on any atom is -0.487 e. The van der Waals surface area contributed by atoms with Gasteiger partial charge in [-0.3, -0.25) is 0 Å². The monoisotopic (exact) mass is 248 g/mol. The molecule has 98 valence electrons. The average molecular weight is 248 g/mol. The fourth-order valence-corrected chi connectivity index (χ4v) is 2.32. The number of fused-ring (bicyclic) bond motifs is 1. The van der Waals surface area contributed by atoms with Gasteiger partial charge in [-0.05, 0) is 37.5 Å². The number of benzene rings is 1. The minimum absolute atomic E-state index is 0.249. The van der Waals surface area contributed by atoms with Crippen LogP contribution in [0.2, 0.25) is 0 Å². The van der Waals surface area contributed by atoms with Crippen molar-refractivity contribution in [3.63, 3.8) is 0 Å². The SMILES string of the molecule is COC(=O)c1cc(C(C)C)cc2c1CC(C)(C)O2. The summed E-state index contributed by atoms with van der Waals surface area (Å²) >= 11 is 0. The lowest BCUT2D eigenvalue weighted by atomic mass is 9.93. The molecule has 0 bridgehead atoms. The van der Waals surface area contributed by atoms with Crippen molar-refractivity contribution >= 4 is 5.97 Å². The molecule has 0 aromatic heterocycles. The fraction of sp³-hybridized carbons (Fsp3) is 0.533. The van der Waals surface area contributed by atoms with E-state index in [2.05, 4.69) is 13.8 Å². The van der Waals surface area contributed by atoms with Crippen molar-refractivity contribution in [3.8, 4) is 5.75 Å². The zero-order chi connectivity index (χ0) is 13.5. The lowest BCUT2D eigenvalue weighted by Gasteiger charge is -2.17. The summed E-state index contributed by atoms with van der Waals surface area (Å²) in [6.45, 7) is 8.26. The lowest BCUT2D eigenvalue weighted by Crippen LogP contribution is -2.25. The highest BCUT2D eigenvalue weighted by molar-refractivity contribution is 5.92. The summed E-state index contributed by atoms with van der Waals surface area (Å²) in [5.41, 5.74) is 2.47. The predicted molar refractivity (Wildman–Crippen MR) is 70.3 cm³/mol. The summed E-state index contributed by atoms with van der Waals surface area (Å²) in [6.07, 6.45) is 0.741. The molecule has 0 aliphatic carbocycles. The molecular formula is C15H20O3. The highest BCUT2D eigenvalue weighted by Gasteiger charge is 2.34. The number of rotatable bonds is 2. The van der Waals surface area contributed by atoms with Gasteiger partial charge in [0, 0.05) is 12.0 Å². The molecule has 0 radical (unpaired) electrons. The molecule has 0 spiro atoms. The third-order valence-corrected chi connectivity index (χ3v) is 3.29. The Morgan fingerprint density at radius 2 is 2.06 bits per heavy atom. The summed E-state index contributed by atoms with van der Waals surface area (Å²) in [5.74, 6) is 0.896. The highest BCUT2D eigenvalue weighted by Crippen LogP contribution is 2.39. The molecule has 0 amide bonds. The highest BCUT2D eigenvalue weighted by atomic mass is 16.5. The molecule has 1 aromatic carbocycles. The topological polar surface area (TPSA) is 35.5 Å². The first-order valence-electron chi connectivity index (χ1n) is 6.28. The van der Waals surface area contributed by atoms with Gasteiger partial charge in [0.2, 0.25) is 0 Å². The Kier molecular flexibility index (Phi) is 3.09. The normalized spacial score (nSPS) is 16.3. The van der Waals surface area contributed by atoms with E-state index >= 15 is 0 Å². The van der Waals surface area contributed by atoms with Crippen molar-refractivity contribution in [1.29, 1.82) is 0 Å². The molecule has 0 unspecified atom stereocenters. The summed E-state index contributed by atoms with van der Waals surface area (Å²) in [7, 11) is 1.41. The molecular weight excluding hydrogens is 228 g/mol. The van der Waals surface area contributed by atoms with Crippen LogP contribution >= 0.6 is 0 Å². The summed E-state index contributed by atoms with van der Waals surface area (Å²) < 4.78 is 10.8. The Bertz CT molecular complexity index is 487. The zero-order valence-corrected chi connectivity index (χ0v) is 11.7. The lowest BCUT2D eigenvalue weighted by molar-refractivity contribution is 0.0599. The smallest absolute Gasteiger partial charge is 0.338 e. The standard InChI is InChI=1S/C15H20O3/c1-9(2)10-6-11(14(16)17-5)12-8-15(3,4)18-13(12)7-10/h6-7,9H,8H2,1-5H3. The third-order valence-electron chi connectivity index (χ3n) is 3.29. The van der Waals surface area contributed by atoms with Gasteiger partial charge in [-0.25, -0.2) is 4.79 Å². The van der Waals surface area contributed by atoms with E-state index in [9.17, 15) is 4.79 Å². The van der Waals surface area contributed by atoms with Crippen LogP contribution < -0.4 is 4.74 Å². The molecule has 3 nitrogen and oxygen atoms in total. The molecule has 0 fully saturated rings. The van der Waals surface area contributed by atoms with Crippen molar-refractivity contribution in [2.24, 2.45) is 0 Å². The van der Waals surface area contributed by atoms with E-state index in [4.69, 9.17) is 9.47 Å². The van der Waals surface area contributed by atoms with E-state index < -0.39 is 0 Å². The van der Waals surface area contributed by atoms with Gasteiger partial charge in [0.1, 0.15) is 11.4 Å². The van der Waals surface area contributed by atoms with Crippen molar-refractivity contribution in [3.05, 3.63) is 28.8 Å². The van der Waals surface area contributed by atoms with Crippen LogP contribution in [0, 0.1) is 0 Å². The van der Waals surface area contributed by atoms with Crippen LogP contribution in [-0.2, 0) is 11.2 Å². The van der Waals surface area contributed by atoms with Crippen molar-refractivity contribution < 1.29 is 14.3 Å². The van der Waals surface area contributed by atoms with Gasteiger partial charge < -0.3 is 9.47 Å². The van der Waals surface area contributed by atoms with E-state index in [0.717, 1.165) is 23.3 Å². The first-order valence-corrected chi connectivity index (χ1v) is 6.28. The van der Waals surface area contributed by atoms with Gasteiger partial charge in [0.15, 0.2) is 0 Å². The molecule has 0 saturated carbocycles. The fourth-order valence-electron chi connectivity index (χ4n) is 2.32. The van der Waals surface area contributed by atoms with Crippen molar-refractivity contribution in [2.75, 3.05) is 7.11 Å². The van der Waals surface area contributed by atoms with E-state index in [-0.39, 0.29) is 11.6 Å². The van der Waals surface area contributed by atoms with Crippen LogP contribution in [0.1, 0.15) is 55.1 Å². The molecule has 0 saturated heterocycles. The van der Waals surface area contributed by atoms with Gasteiger partial charge in [0.05, 0.1) is 12.7 Å². The maximum atomic E-state index is 11.9. The Hall–Kier alpha value is -1.51. The second-order valence-electron chi connectivity index (χ2n) is 5.73. The van der Waals surface area contributed by atoms with Gasteiger partial charge >= 0.3 is 5.97 Å². The number of carbonyl (C=O) groups is 1. The minimum atomic E-state index is -0.282. The zero-order valence-electron chi connectivity index (χ0n) is 11.7. The largest absolute Gasteiger partial charge is 0.487 e. The van der Waals surface area contributed by atoms with Crippen LogP contribution in [0.4, 0.5) is 0 Å². The first-order chi connectivity index (χ1) is 8.34. The molecule has 0 N–H and O–H groups in total. The molecule has 18 heavy (non-hydrogen) atoms. The molecule has 1 heterocycles. The van der Waals surface area contributed by atoms with Gasteiger partial charge in [-0.15, -0.1) is 0 Å². The van der Waals surface area contributed by atoms with Crippen LogP contribution in [0.15, 0.2) is 12.1 Å². The van der Waals surface area contributed by atoms with E-state index in [0.29, 0.717) is 11.5 Å². The second-order valence-corrected chi connectivity index (χ2v) is 5.73. The molecule has 3 heteroatoms. The predicted octanol–water partition coefficient (Wildman–Crippen LogP) is 3.31. The van der Waals surface area contributed by atoms with Gasteiger partial charge in [-0.2, -0.15) is 0 Å². The van der Waals surface area contributed by atoms with E-state index in [1.165, 1.54) is 7.11 Å². The number of hydrogen-bond acceptors (Lipinski definition) is 3. The maximum absolute atomic E-state index is 11.9. The van der Waals surface area contributed by atoms with Crippen molar-refractivity contribution in [2.45, 2.75) is 45.6 Å². The Labute approximate surface area is 108 Å². The second kappa shape index (κ2) is 4.30. The number of carbonyl (C=O) groups excluding carboxylic acids is 1. The number of ether oxygens (including phenoxy) is 2. The molecule has 1 aliphatic rings. The van der Waals surface area contributed by atoms with Gasteiger partial charge in [-0.1, -0.05) is 13.8 Å². The van der Waals surface area contributed by atoms with Gasteiger partial charge in [0.25, 0.3) is 0 Å². The van der Waals surface area contributed by atoms with Crippen LogP contribution in [0.25, 0.3) is 0 Å². The quantitative estimate of drug-likeness (QED) is 0.753. The molecule has 1 aliphatic heterocycles. The summed E-state index contributed by atoms with van der Waals surface area (Å²) in [4.78, 5) is 11.9. The summed E-state index contributed by atoms with van der Waals surface area (Å²) in [5, 5.41) is 0. The van der Waals surface area contributed by atoms with Crippen LogP contribution in [0.5, 0.6) is 5.75 Å². The van der Waals surface area contributed by atoms with E-state index in [1.54, 1.807) is 0 Å². The number of methoxy groups -OCH3 is 1. The average Bonchev–Trinajstić information content (AvgIpc) is 2.60. The summed E-state index contributed by atoms with van der Waals surface area (Å²) in [6, 6.07) is 3.97. The molecule has 1 aromatic rings. The van der Waals surface area contributed by atoms with Crippen LogP contribution in [-0.4, -0.2) is 18.7 Å². The maximum Gasteiger partial charge on any atom is 0.338 e. The Morgan fingerprint density at radius 3 is 2.61 bits per heavy atom. The molecule has 2 rings (SSSR count). The Balaban J connectivity index is 2.56. The Morgan fingerprint density at radius 1 is 1.39 bits per heavy atom. The number of esters is 1. The number of hydrogen-bond donors (Lipinski definition) is 0. The first kappa shape index (κ1) is 12.9. The van der Waals surface area contributed by atoms with Crippen LogP contribution in [0.3, 0.4) is 0 Å². The molecule has 0 atom stereocenters. The third kappa shape index (κ3) is 2.22. The van der Waals surface area contributed by atoms with Crippen molar-refractivity contribution in [1.82, 2.24) is 0 Å².